The second-order valence-electron chi connectivity index (χ2n) is 4.15. The van der Waals surface area contributed by atoms with Crippen molar-refractivity contribution in [3.8, 4) is 10.6 Å². The molecule has 0 atom stereocenters. The molecule has 4 nitrogen and oxygen atoms in total. The summed E-state index contributed by atoms with van der Waals surface area (Å²) in [6, 6.07) is 0. The first-order valence-electron chi connectivity index (χ1n) is 5.83. The minimum absolute atomic E-state index is 0.191. The third kappa shape index (κ3) is 1.80. The molecule has 0 saturated carbocycles. The minimum atomic E-state index is 0.191. The van der Waals surface area contributed by atoms with Gasteiger partial charge in [-0.05, 0) is 19.8 Å². The summed E-state index contributed by atoms with van der Waals surface area (Å²) in [7, 11) is 0. The molecule has 0 aromatic carbocycles. The van der Waals surface area contributed by atoms with Crippen molar-refractivity contribution < 1.29 is 4.79 Å². The number of Topliss-reactive ketones (excluding diaryl/α,β-unsaturated/α-hetero) is 1. The number of carbonyl (C=O) groups is 1. The molecule has 3 rings (SSSR count). The Kier molecular flexibility index (Phi) is 2.55. The maximum atomic E-state index is 11.7. The molecule has 0 N–H and O–H groups in total. The molecule has 5 heteroatoms. The molecule has 1 aliphatic carbocycles. The molecule has 0 saturated heterocycles. The SMILES string of the molecule is CCn1cc(-c2nc3c(s2)CCCC3=O)cn1. The van der Waals surface area contributed by atoms with Crippen molar-refractivity contribution in [2.24, 2.45) is 0 Å². The average molecular weight is 247 g/mol. The van der Waals surface area contributed by atoms with Gasteiger partial charge in [-0.15, -0.1) is 11.3 Å². The highest BCUT2D eigenvalue weighted by atomic mass is 32.1. The lowest BCUT2D eigenvalue weighted by Gasteiger charge is -2.06. The summed E-state index contributed by atoms with van der Waals surface area (Å²) in [4.78, 5) is 17.3. The number of hydrogen-bond acceptors (Lipinski definition) is 4. The van der Waals surface area contributed by atoms with Crippen molar-refractivity contribution in [2.75, 3.05) is 0 Å². The normalized spacial score (nSPS) is 15.0. The Morgan fingerprint density at radius 1 is 1.47 bits per heavy atom. The Morgan fingerprint density at radius 2 is 2.35 bits per heavy atom. The summed E-state index contributed by atoms with van der Waals surface area (Å²) >= 11 is 1.63. The Labute approximate surface area is 103 Å². The van der Waals surface area contributed by atoms with Crippen molar-refractivity contribution in [3.05, 3.63) is 23.0 Å². The monoisotopic (exact) mass is 247 g/mol. The molecule has 0 amide bonds. The van der Waals surface area contributed by atoms with Crippen LogP contribution in [-0.2, 0) is 13.0 Å². The van der Waals surface area contributed by atoms with E-state index in [-0.39, 0.29) is 5.78 Å². The number of nitrogens with zero attached hydrogens (tertiary/aromatic N) is 3. The lowest BCUT2D eigenvalue weighted by molar-refractivity contribution is 0.0968. The summed E-state index contributed by atoms with van der Waals surface area (Å²) in [6.07, 6.45) is 6.39. The van der Waals surface area contributed by atoms with Gasteiger partial charge in [0.2, 0.25) is 0 Å². The van der Waals surface area contributed by atoms with E-state index in [1.54, 1.807) is 11.3 Å². The number of hydrogen-bond donors (Lipinski definition) is 0. The van der Waals surface area contributed by atoms with Crippen LogP contribution >= 0.6 is 11.3 Å². The number of carbonyl (C=O) groups excluding carboxylic acids is 1. The summed E-state index contributed by atoms with van der Waals surface area (Å²) in [5.74, 6) is 0.191. The number of rotatable bonds is 2. The van der Waals surface area contributed by atoms with Crippen LogP contribution in [-0.4, -0.2) is 20.5 Å². The van der Waals surface area contributed by atoms with Gasteiger partial charge in [0.1, 0.15) is 10.7 Å². The smallest absolute Gasteiger partial charge is 0.182 e. The van der Waals surface area contributed by atoms with Crippen LogP contribution in [0, 0.1) is 0 Å². The van der Waals surface area contributed by atoms with Crippen LogP contribution in [0.15, 0.2) is 12.4 Å². The number of aryl methyl sites for hydroxylation is 2. The summed E-state index contributed by atoms with van der Waals surface area (Å²) in [6.45, 7) is 2.90. The van der Waals surface area contributed by atoms with Gasteiger partial charge in [-0.2, -0.15) is 5.10 Å². The molecule has 0 aliphatic heterocycles. The first-order valence-corrected chi connectivity index (χ1v) is 6.65. The van der Waals surface area contributed by atoms with E-state index in [0.29, 0.717) is 12.1 Å². The molecule has 0 bridgehead atoms. The first-order chi connectivity index (χ1) is 8.28. The van der Waals surface area contributed by atoms with Gasteiger partial charge in [-0.25, -0.2) is 4.98 Å². The fourth-order valence-corrected chi connectivity index (χ4v) is 3.13. The van der Waals surface area contributed by atoms with Crippen LogP contribution in [0.4, 0.5) is 0 Å². The van der Waals surface area contributed by atoms with Gasteiger partial charge in [0.05, 0.1) is 6.20 Å². The third-order valence-corrected chi connectivity index (χ3v) is 4.14. The lowest BCUT2D eigenvalue weighted by atomic mass is 10.0. The predicted molar refractivity (Wildman–Crippen MR) is 66.3 cm³/mol. The fraction of sp³-hybridized carbons (Fsp3) is 0.417. The quantitative estimate of drug-likeness (QED) is 0.819. The molecule has 2 aromatic rings. The molecule has 0 unspecified atom stereocenters. The van der Waals surface area contributed by atoms with Crippen LogP contribution in [0.3, 0.4) is 0 Å². The molecule has 88 valence electrons. The average Bonchev–Trinajstić information content (AvgIpc) is 2.95. The van der Waals surface area contributed by atoms with Crippen LogP contribution < -0.4 is 0 Å². The number of fused-ring (bicyclic) bond motifs is 1. The molecule has 2 aromatic heterocycles. The van der Waals surface area contributed by atoms with Crippen LogP contribution in [0.5, 0.6) is 0 Å². The molecule has 0 spiro atoms. The van der Waals surface area contributed by atoms with Crippen molar-refractivity contribution >= 4 is 17.1 Å². The molecular weight excluding hydrogens is 234 g/mol. The topological polar surface area (TPSA) is 47.8 Å². The van der Waals surface area contributed by atoms with E-state index in [2.05, 4.69) is 10.1 Å². The van der Waals surface area contributed by atoms with Gasteiger partial charge < -0.3 is 0 Å². The highest BCUT2D eigenvalue weighted by Gasteiger charge is 2.22. The largest absolute Gasteiger partial charge is 0.292 e. The van der Waals surface area contributed by atoms with Gasteiger partial charge in [-0.3, -0.25) is 9.48 Å². The van der Waals surface area contributed by atoms with E-state index in [1.165, 1.54) is 0 Å². The molecule has 17 heavy (non-hydrogen) atoms. The van der Waals surface area contributed by atoms with Gasteiger partial charge in [0.15, 0.2) is 5.78 Å². The van der Waals surface area contributed by atoms with Gasteiger partial charge in [-0.1, -0.05) is 0 Å². The maximum absolute atomic E-state index is 11.7. The van der Waals surface area contributed by atoms with Gasteiger partial charge in [0, 0.05) is 29.6 Å². The van der Waals surface area contributed by atoms with Gasteiger partial charge in [0.25, 0.3) is 0 Å². The van der Waals surface area contributed by atoms with E-state index in [9.17, 15) is 4.79 Å². The van der Waals surface area contributed by atoms with Crippen LogP contribution in [0.1, 0.15) is 35.1 Å². The molecule has 0 fully saturated rings. The number of ketones is 1. The summed E-state index contributed by atoms with van der Waals surface area (Å²) in [5, 5.41) is 5.16. The summed E-state index contributed by atoms with van der Waals surface area (Å²) < 4.78 is 1.87. The Bertz CT molecular complexity index is 570. The van der Waals surface area contributed by atoms with E-state index < -0.39 is 0 Å². The maximum Gasteiger partial charge on any atom is 0.182 e. The van der Waals surface area contributed by atoms with Crippen molar-refractivity contribution in [2.45, 2.75) is 32.7 Å². The fourth-order valence-electron chi connectivity index (χ4n) is 2.04. The highest BCUT2D eigenvalue weighted by molar-refractivity contribution is 7.15. The standard InChI is InChI=1S/C12H13N3OS/c1-2-15-7-8(6-13-15)12-14-11-9(16)4-3-5-10(11)17-12/h6-7H,2-5H2,1H3. The second-order valence-corrected chi connectivity index (χ2v) is 5.24. The summed E-state index contributed by atoms with van der Waals surface area (Å²) in [5.41, 5.74) is 1.71. The molecule has 0 radical (unpaired) electrons. The zero-order valence-corrected chi connectivity index (χ0v) is 10.5. The van der Waals surface area contributed by atoms with E-state index in [0.717, 1.165) is 34.8 Å². The Hall–Kier alpha value is -1.49. The van der Waals surface area contributed by atoms with Crippen LogP contribution in [0.2, 0.25) is 0 Å². The Balaban J connectivity index is 2.01. The molecule has 1 aliphatic rings. The lowest BCUT2D eigenvalue weighted by Crippen LogP contribution is -2.08. The zero-order valence-electron chi connectivity index (χ0n) is 9.64. The highest BCUT2D eigenvalue weighted by Crippen LogP contribution is 2.32. The Morgan fingerprint density at radius 3 is 3.06 bits per heavy atom. The van der Waals surface area contributed by atoms with Crippen molar-refractivity contribution in [1.29, 1.82) is 0 Å². The number of thiazole rings is 1. The molecular formula is C12H13N3OS. The van der Waals surface area contributed by atoms with Crippen molar-refractivity contribution in [3.63, 3.8) is 0 Å². The van der Waals surface area contributed by atoms with Gasteiger partial charge >= 0.3 is 0 Å². The minimum Gasteiger partial charge on any atom is -0.292 e. The van der Waals surface area contributed by atoms with E-state index >= 15 is 0 Å². The predicted octanol–water partition coefficient (Wildman–Crippen LogP) is 2.55. The van der Waals surface area contributed by atoms with Crippen LogP contribution in [0.25, 0.3) is 10.6 Å². The first kappa shape index (κ1) is 10.7. The second kappa shape index (κ2) is 4.07. The zero-order chi connectivity index (χ0) is 11.8. The third-order valence-electron chi connectivity index (χ3n) is 2.97. The molecule has 2 heterocycles. The number of aromatic nitrogens is 3. The van der Waals surface area contributed by atoms with E-state index in [1.807, 2.05) is 24.0 Å². The van der Waals surface area contributed by atoms with Crippen molar-refractivity contribution in [1.82, 2.24) is 14.8 Å². The van der Waals surface area contributed by atoms with E-state index in [4.69, 9.17) is 0 Å².